The summed E-state index contributed by atoms with van der Waals surface area (Å²) in [6.45, 7) is 4.62. The van der Waals surface area contributed by atoms with Crippen molar-refractivity contribution in [2.45, 2.75) is 39.5 Å². The Morgan fingerprint density at radius 2 is 1.93 bits per heavy atom. The van der Waals surface area contributed by atoms with Crippen molar-refractivity contribution in [3.05, 3.63) is 29.6 Å². The Bertz CT molecular complexity index is 275. The van der Waals surface area contributed by atoms with Crippen LogP contribution in [-0.2, 0) is 12.8 Å². The first kappa shape index (κ1) is 9.70. The predicted octanol–water partition coefficient (Wildman–Crippen LogP) is 3.23. The highest BCUT2D eigenvalue weighted by molar-refractivity contribution is 5.23. The third-order valence-corrected chi connectivity index (χ3v) is 3.64. The van der Waals surface area contributed by atoms with Gasteiger partial charge in [-0.25, -0.2) is 0 Å². The molecule has 0 fully saturated rings. The van der Waals surface area contributed by atoms with Crippen molar-refractivity contribution >= 4 is 0 Å². The minimum atomic E-state index is 0.863. The molecule has 0 bridgehead atoms. The van der Waals surface area contributed by atoms with E-state index in [1.165, 1.54) is 36.9 Å². The smallest absolute Gasteiger partial charge is 0.0438 e. The highest BCUT2D eigenvalue weighted by Gasteiger charge is 2.26. The molecule has 0 amide bonds. The lowest BCUT2D eigenvalue weighted by molar-refractivity contribution is 0.287. The van der Waals surface area contributed by atoms with Crippen LogP contribution in [0.5, 0.6) is 0 Å². The van der Waals surface area contributed by atoms with Gasteiger partial charge in [0.25, 0.3) is 0 Å². The fourth-order valence-corrected chi connectivity index (χ4v) is 2.66. The number of hydrogen-bond donors (Lipinski definition) is 0. The van der Waals surface area contributed by atoms with Gasteiger partial charge < -0.3 is 0 Å². The van der Waals surface area contributed by atoms with Gasteiger partial charge >= 0.3 is 0 Å². The summed E-state index contributed by atoms with van der Waals surface area (Å²) in [5.74, 6) is 1.75. The lowest BCUT2D eigenvalue weighted by Gasteiger charge is -2.31. The van der Waals surface area contributed by atoms with Crippen LogP contribution in [0.3, 0.4) is 0 Å². The fraction of sp³-hybridized carbons (Fsp3) is 0.615. The van der Waals surface area contributed by atoms with E-state index in [1.807, 2.05) is 6.20 Å². The van der Waals surface area contributed by atoms with E-state index in [2.05, 4.69) is 31.0 Å². The first-order valence-electron chi connectivity index (χ1n) is 5.77. The molecule has 1 aliphatic rings. The highest BCUT2D eigenvalue weighted by atomic mass is 14.7. The van der Waals surface area contributed by atoms with E-state index in [-0.39, 0.29) is 0 Å². The number of fused-ring (bicyclic) bond motifs is 1. The van der Waals surface area contributed by atoms with Crippen molar-refractivity contribution in [1.29, 1.82) is 0 Å². The number of pyridine rings is 1. The molecule has 1 aromatic heterocycles. The molecular formula is C13H19N. The average molecular weight is 189 g/mol. The summed E-state index contributed by atoms with van der Waals surface area (Å²) in [6.07, 6.45) is 6.99. The monoisotopic (exact) mass is 189 g/mol. The molecule has 0 saturated carbocycles. The molecule has 2 atom stereocenters. The van der Waals surface area contributed by atoms with Crippen LogP contribution >= 0.6 is 0 Å². The van der Waals surface area contributed by atoms with Gasteiger partial charge in [0, 0.05) is 11.9 Å². The van der Waals surface area contributed by atoms with Crippen molar-refractivity contribution in [2.75, 3.05) is 0 Å². The van der Waals surface area contributed by atoms with E-state index < -0.39 is 0 Å². The van der Waals surface area contributed by atoms with Crippen LogP contribution in [0, 0.1) is 11.8 Å². The van der Waals surface area contributed by atoms with Crippen molar-refractivity contribution in [3.8, 4) is 0 Å². The fourth-order valence-electron chi connectivity index (χ4n) is 2.66. The van der Waals surface area contributed by atoms with E-state index in [4.69, 9.17) is 0 Å². The number of hydrogen-bond acceptors (Lipinski definition) is 1. The van der Waals surface area contributed by atoms with E-state index in [1.54, 1.807) is 0 Å². The SMILES string of the molecule is CCC1Cc2cccnc2CC1CC. The summed E-state index contributed by atoms with van der Waals surface area (Å²) >= 11 is 0. The second kappa shape index (κ2) is 4.12. The molecule has 0 spiro atoms. The Labute approximate surface area is 86.6 Å². The Morgan fingerprint density at radius 3 is 2.64 bits per heavy atom. The normalized spacial score (nSPS) is 25.9. The molecule has 0 aromatic carbocycles. The molecule has 76 valence electrons. The van der Waals surface area contributed by atoms with Crippen LogP contribution in [0.2, 0.25) is 0 Å². The van der Waals surface area contributed by atoms with Gasteiger partial charge in [0.2, 0.25) is 0 Å². The van der Waals surface area contributed by atoms with Gasteiger partial charge in [0.05, 0.1) is 0 Å². The molecule has 0 saturated heterocycles. The molecule has 1 nitrogen and oxygen atoms in total. The Morgan fingerprint density at radius 1 is 1.21 bits per heavy atom. The first-order chi connectivity index (χ1) is 6.85. The Kier molecular flexibility index (Phi) is 2.85. The molecule has 1 heteroatoms. The van der Waals surface area contributed by atoms with E-state index in [0.717, 1.165) is 11.8 Å². The molecule has 14 heavy (non-hydrogen) atoms. The quantitative estimate of drug-likeness (QED) is 0.696. The number of nitrogens with zero attached hydrogens (tertiary/aromatic N) is 1. The highest BCUT2D eigenvalue weighted by Crippen LogP contribution is 2.32. The lowest BCUT2D eigenvalue weighted by Crippen LogP contribution is -2.25. The second-order valence-electron chi connectivity index (χ2n) is 4.35. The molecule has 1 aliphatic carbocycles. The van der Waals surface area contributed by atoms with Gasteiger partial charge in [-0.05, 0) is 36.3 Å². The van der Waals surface area contributed by atoms with Crippen LogP contribution < -0.4 is 0 Å². The maximum absolute atomic E-state index is 4.49. The van der Waals surface area contributed by atoms with Gasteiger partial charge in [-0.2, -0.15) is 0 Å². The minimum absolute atomic E-state index is 0.863. The van der Waals surface area contributed by atoms with Gasteiger partial charge in [-0.1, -0.05) is 32.8 Å². The van der Waals surface area contributed by atoms with E-state index >= 15 is 0 Å². The second-order valence-corrected chi connectivity index (χ2v) is 4.35. The molecular weight excluding hydrogens is 170 g/mol. The largest absolute Gasteiger partial charge is 0.261 e. The summed E-state index contributed by atoms with van der Waals surface area (Å²) in [7, 11) is 0. The summed E-state index contributed by atoms with van der Waals surface area (Å²) in [4.78, 5) is 4.49. The predicted molar refractivity (Wildman–Crippen MR) is 59.2 cm³/mol. The summed E-state index contributed by atoms with van der Waals surface area (Å²) in [5.41, 5.74) is 2.84. The maximum Gasteiger partial charge on any atom is 0.0438 e. The minimum Gasteiger partial charge on any atom is -0.261 e. The van der Waals surface area contributed by atoms with Crippen LogP contribution in [0.4, 0.5) is 0 Å². The van der Waals surface area contributed by atoms with E-state index in [0.29, 0.717) is 0 Å². The van der Waals surface area contributed by atoms with Crippen LogP contribution in [0.15, 0.2) is 18.3 Å². The van der Waals surface area contributed by atoms with Crippen LogP contribution in [0.25, 0.3) is 0 Å². The molecule has 0 radical (unpaired) electrons. The summed E-state index contributed by atoms with van der Waals surface area (Å²) in [5, 5.41) is 0. The number of aromatic nitrogens is 1. The van der Waals surface area contributed by atoms with E-state index in [9.17, 15) is 0 Å². The van der Waals surface area contributed by atoms with Crippen LogP contribution in [-0.4, -0.2) is 4.98 Å². The zero-order chi connectivity index (χ0) is 9.97. The Balaban J connectivity index is 2.25. The third-order valence-electron chi connectivity index (χ3n) is 3.64. The standard InChI is InChI=1S/C13H19N/c1-3-10-8-12-6-5-7-14-13(12)9-11(10)4-2/h5-7,10-11H,3-4,8-9H2,1-2H3. The molecule has 0 aliphatic heterocycles. The van der Waals surface area contributed by atoms with Gasteiger partial charge in [0.1, 0.15) is 0 Å². The summed E-state index contributed by atoms with van der Waals surface area (Å²) in [6, 6.07) is 4.31. The average Bonchev–Trinajstić information content (AvgIpc) is 2.27. The van der Waals surface area contributed by atoms with Crippen molar-refractivity contribution < 1.29 is 0 Å². The topological polar surface area (TPSA) is 12.9 Å². The van der Waals surface area contributed by atoms with Crippen LogP contribution in [0.1, 0.15) is 37.9 Å². The lowest BCUT2D eigenvalue weighted by atomic mass is 9.75. The van der Waals surface area contributed by atoms with Crippen molar-refractivity contribution in [2.24, 2.45) is 11.8 Å². The molecule has 0 N–H and O–H groups in total. The van der Waals surface area contributed by atoms with Crippen molar-refractivity contribution in [3.63, 3.8) is 0 Å². The third kappa shape index (κ3) is 1.68. The molecule has 1 heterocycles. The molecule has 1 aromatic rings. The van der Waals surface area contributed by atoms with Gasteiger partial charge in [-0.15, -0.1) is 0 Å². The summed E-state index contributed by atoms with van der Waals surface area (Å²) < 4.78 is 0. The first-order valence-corrected chi connectivity index (χ1v) is 5.77. The zero-order valence-corrected chi connectivity index (χ0v) is 9.16. The Hall–Kier alpha value is -0.850. The van der Waals surface area contributed by atoms with Crippen molar-refractivity contribution in [1.82, 2.24) is 4.98 Å². The van der Waals surface area contributed by atoms with Gasteiger partial charge in [0.15, 0.2) is 0 Å². The molecule has 2 rings (SSSR count). The number of rotatable bonds is 2. The van der Waals surface area contributed by atoms with Gasteiger partial charge in [-0.3, -0.25) is 4.98 Å². The zero-order valence-electron chi connectivity index (χ0n) is 9.16. The molecule has 2 unspecified atom stereocenters. The maximum atomic E-state index is 4.49.